The van der Waals surface area contributed by atoms with Crippen molar-refractivity contribution >= 4 is 0 Å². The zero-order chi connectivity index (χ0) is 14.0. The number of hydrogen-bond donors (Lipinski definition) is 1. The molecule has 1 unspecified atom stereocenters. The van der Waals surface area contributed by atoms with E-state index < -0.39 is 11.4 Å². The predicted octanol–water partition coefficient (Wildman–Crippen LogP) is 3.40. The Morgan fingerprint density at radius 1 is 1.16 bits per heavy atom. The van der Waals surface area contributed by atoms with Gasteiger partial charge in [0.2, 0.25) is 0 Å². The summed E-state index contributed by atoms with van der Waals surface area (Å²) in [5.41, 5.74) is 0.363. The summed E-state index contributed by atoms with van der Waals surface area (Å²) < 4.78 is 19.1. The number of benzene rings is 2. The normalized spacial score (nSPS) is 13.9. The van der Waals surface area contributed by atoms with Crippen LogP contribution in [0, 0.1) is 12.7 Å². The van der Waals surface area contributed by atoms with Gasteiger partial charge in [-0.05, 0) is 43.7 Å². The molecule has 0 bridgehead atoms. The summed E-state index contributed by atoms with van der Waals surface area (Å²) in [6.45, 7) is 3.45. The van der Waals surface area contributed by atoms with Crippen molar-refractivity contribution in [1.82, 2.24) is 0 Å². The molecule has 2 aromatic carbocycles. The van der Waals surface area contributed by atoms with E-state index in [1.807, 2.05) is 6.92 Å². The molecule has 1 N–H and O–H groups in total. The molecule has 0 saturated heterocycles. The van der Waals surface area contributed by atoms with Crippen molar-refractivity contribution in [3.8, 4) is 5.75 Å². The van der Waals surface area contributed by atoms with Crippen LogP contribution in [-0.4, -0.2) is 12.2 Å². The lowest BCUT2D eigenvalue weighted by molar-refractivity contribution is 0.0976. The van der Waals surface area contributed by atoms with Gasteiger partial charge in [-0.15, -0.1) is 0 Å². The van der Waals surface area contributed by atoms with Gasteiger partial charge in [0.15, 0.2) is 0 Å². The third-order valence-corrected chi connectivity index (χ3v) is 3.28. The number of methoxy groups -OCH3 is 1. The molecule has 1 atom stereocenters. The lowest BCUT2D eigenvalue weighted by Crippen LogP contribution is -2.24. The van der Waals surface area contributed by atoms with Gasteiger partial charge in [-0.25, -0.2) is 4.39 Å². The first-order chi connectivity index (χ1) is 8.95. The molecule has 0 saturated carbocycles. The van der Waals surface area contributed by atoms with Gasteiger partial charge in [-0.1, -0.05) is 23.8 Å². The third-order valence-electron chi connectivity index (χ3n) is 3.28. The van der Waals surface area contributed by atoms with Crippen LogP contribution in [-0.2, 0) is 5.60 Å². The molecule has 0 aliphatic rings. The highest BCUT2D eigenvalue weighted by Gasteiger charge is 2.29. The minimum Gasteiger partial charge on any atom is -0.497 e. The molecule has 3 heteroatoms. The topological polar surface area (TPSA) is 29.5 Å². The molecule has 2 aromatic rings. The Balaban J connectivity index is 2.54. The minimum atomic E-state index is -1.40. The van der Waals surface area contributed by atoms with E-state index >= 15 is 0 Å². The Morgan fingerprint density at radius 3 is 2.58 bits per heavy atom. The largest absolute Gasteiger partial charge is 0.497 e. The number of ether oxygens (including phenoxy) is 1. The van der Waals surface area contributed by atoms with Crippen molar-refractivity contribution in [3.63, 3.8) is 0 Å². The van der Waals surface area contributed by atoms with Gasteiger partial charge < -0.3 is 9.84 Å². The standard InChI is InChI=1S/C16H17FO2/c1-11-7-8-15(17)14(9-11)16(2,18)12-5-4-6-13(10-12)19-3/h4-10,18H,1-3H3. The molecular weight excluding hydrogens is 243 g/mol. The van der Waals surface area contributed by atoms with Crippen LogP contribution in [0.3, 0.4) is 0 Å². The van der Waals surface area contributed by atoms with Crippen LogP contribution >= 0.6 is 0 Å². The lowest BCUT2D eigenvalue weighted by atomic mass is 9.87. The first-order valence-electron chi connectivity index (χ1n) is 6.08. The number of aliphatic hydroxyl groups is 1. The molecule has 0 aliphatic heterocycles. The Hall–Kier alpha value is -1.87. The molecule has 19 heavy (non-hydrogen) atoms. The van der Waals surface area contributed by atoms with Crippen molar-refractivity contribution in [1.29, 1.82) is 0 Å². The predicted molar refractivity (Wildman–Crippen MR) is 72.8 cm³/mol. The summed E-state index contributed by atoms with van der Waals surface area (Å²) in [6, 6.07) is 11.7. The smallest absolute Gasteiger partial charge is 0.129 e. The van der Waals surface area contributed by atoms with E-state index in [9.17, 15) is 9.50 Å². The SMILES string of the molecule is COc1cccc(C(C)(O)c2cc(C)ccc2F)c1. The van der Waals surface area contributed by atoms with E-state index in [0.29, 0.717) is 11.3 Å². The summed E-state index contributed by atoms with van der Waals surface area (Å²) in [5, 5.41) is 10.7. The molecule has 100 valence electrons. The van der Waals surface area contributed by atoms with E-state index in [4.69, 9.17) is 4.74 Å². The van der Waals surface area contributed by atoms with E-state index in [0.717, 1.165) is 5.56 Å². The van der Waals surface area contributed by atoms with Crippen LogP contribution in [0.5, 0.6) is 5.75 Å². The van der Waals surface area contributed by atoms with Crippen LogP contribution in [0.4, 0.5) is 4.39 Å². The van der Waals surface area contributed by atoms with Crippen LogP contribution in [0.15, 0.2) is 42.5 Å². The summed E-state index contributed by atoms with van der Waals surface area (Å²) in [4.78, 5) is 0. The average molecular weight is 260 g/mol. The van der Waals surface area contributed by atoms with Crippen LogP contribution in [0.1, 0.15) is 23.6 Å². The quantitative estimate of drug-likeness (QED) is 0.916. The van der Waals surface area contributed by atoms with Gasteiger partial charge in [0.05, 0.1) is 7.11 Å². The number of aryl methyl sites for hydroxylation is 1. The van der Waals surface area contributed by atoms with Gasteiger partial charge in [-0.2, -0.15) is 0 Å². The van der Waals surface area contributed by atoms with E-state index in [2.05, 4.69) is 0 Å². The van der Waals surface area contributed by atoms with Crippen molar-refractivity contribution < 1.29 is 14.2 Å². The van der Waals surface area contributed by atoms with Gasteiger partial charge in [0, 0.05) is 5.56 Å². The first kappa shape index (κ1) is 13.6. The second-order valence-corrected chi connectivity index (χ2v) is 4.79. The Morgan fingerprint density at radius 2 is 1.89 bits per heavy atom. The average Bonchev–Trinajstić information content (AvgIpc) is 2.41. The second kappa shape index (κ2) is 5.02. The van der Waals surface area contributed by atoms with E-state index in [1.165, 1.54) is 6.07 Å². The highest BCUT2D eigenvalue weighted by molar-refractivity contribution is 5.41. The fourth-order valence-corrected chi connectivity index (χ4v) is 2.09. The molecule has 0 heterocycles. The summed E-state index contributed by atoms with van der Waals surface area (Å²) in [5.74, 6) is 0.212. The van der Waals surface area contributed by atoms with Crippen molar-refractivity contribution in [3.05, 3.63) is 65.0 Å². The summed E-state index contributed by atoms with van der Waals surface area (Å²) in [7, 11) is 1.56. The number of rotatable bonds is 3. The number of halogens is 1. The van der Waals surface area contributed by atoms with Crippen LogP contribution in [0.25, 0.3) is 0 Å². The Bertz CT molecular complexity index is 591. The molecule has 0 fully saturated rings. The van der Waals surface area contributed by atoms with Crippen LogP contribution in [0.2, 0.25) is 0 Å². The van der Waals surface area contributed by atoms with E-state index in [1.54, 1.807) is 50.4 Å². The molecule has 0 amide bonds. The highest BCUT2D eigenvalue weighted by atomic mass is 19.1. The molecule has 0 aromatic heterocycles. The van der Waals surface area contributed by atoms with Gasteiger partial charge in [-0.3, -0.25) is 0 Å². The summed E-state index contributed by atoms with van der Waals surface area (Å²) >= 11 is 0. The van der Waals surface area contributed by atoms with Gasteiger partial charge in [0.25, 0.3) is 0 Å². The first-order valence-corrected chi connectivity index (χ1v) is 6.08. The minimum absolute atomic E-state index is 0.265. The second-order valence-electron chi connectivity index (χ2n) is 4.79. The molecular formula is C16H17FO2. The van der Waals surface area contributed by atoms with Gasteiger partial charge >= 0.3 is 0 Å². The highest BCUT2D eigenvalue weighted by Crippen LogP contribution is 2.33. The Kier molecular flexibility index (Phi) is 3.58. The van der Waals surface area contributed by atoms with Crippen molar-refractivity contribution in [2.24, 2.45) is 0 Å². The number of hydrogen-bond acceptors (Lipinski definition) is 2. The van der Waals surface area contributed by atoms with Crippen molar-refractivity contribution in [2.75, 3.05) is 7.11 Å². The monoisotopic (exact) mass is 260 g/mol. The van der Waals surface area contributed by atoms with Crippen LogP contribution < -0.4 is 4.74 Å². The fourth-order valence-electron chi connectivity index (χ4n) is 2.09. The lowest BCUT2D eigenvalue weighted by Gasteiger charge is -2.25. The van der Waals surface area contributed by atoms with Gasteiger partial charge in [0.1, 0.15) is 17.2 Å². The molecule has 0 aliphatic carbocycles. The maximum atomic E-state index is 13.9. The molecule has 2 nitrogen and oxygen atoms in total. The van der Waals surface area contributed by atoms with E-state index in [-0.39, 0.29) is 5.56 Å². The maximum absolute atomic E-state index is 13.9. The van der Waals surface area contributed by atoms with Crippen molar-refractivity contribution in [2.45, 2.75) is 19.4 Å². The molecule has 2 rings (SSSR count). The fraction of sp³-hybridized carbons (Fsp3) is 0.250. The summed E-state index contributed by atoms with van der Waals surface area (Å²) in [6.07, 6.45) is 0. The zero-order valence-electron chi connectivity index (χ0n) is 11.3. The molecule has 0 spiro atoms. The Labute approximate surface area is 112 Å². The molecule has 0 radical (unpaired) electrons. The third kappa shape index (κ3) is 2.61. The zero-order valence-corrected chi connectivity index (χ0v) is 11.3. The maximum Gasteiger partial charge on any atom is 0.129 e.